The SMILES string of the molecule is CCCC1CCC(CC(OCC)C(=O)OCC)CC1. The van der Waals surface area contributed by atoms with Crippen molar-refractivity contribution >= 4 is 5.97 Å². The van der Waals surface area contributed by atoms with Gasteiger partial charge in [0.05, 0.1) is 6.61 Å². The van der Waals surface area contributed by atoms with Crippen LogP contribution >= 0.6 is 0 Å². The molecule has 0 saturated heterocycles. The van der Waals surface area contributed by atoms with Gasteiger partial charge in [-0.15, -0.1) is 0 Å². The minimum absolute atomic E-state index is 0.181. The van der Waals surface area contributed by atoms with Crippen molar-refractivity contribution in [3.63, 3.8) is 0 Å². The van der Waals surface area contributed by atoms with E-state index in [-0.39, 0.29) is 12.1 Å². The molecule has 0 heterocycles. The van der Waals surface area contributed by atoms with E-state index in [1.807, 2.05) is 13.8 Å². The van der Waals surface area contributed by atoms with Crippen LogP contribution in [0.5, 0.6) is 0 Å². The van der Waals surface area contributed by atoms with E-state index in [9.17, 15) is 4.79 Å². The molecule has 1 aliphatic carbocycles. The monoisotopic (exact) mass is 270 g/mol. The predicted molar refractivity (Wildman–Crippen MR) is 77.0 cm³/mol. The van der Waals surface area contributed by atoms with Crippen molar-refractivity contribution in [2.45, 2.75) is 71.8 Å². The maximum atomic E-state index is 11.8. The van der Waals surface area contributed by atoms with Crippen molar-refractivity contribution in [2.75, 3.05) is 13.2 Å². The lowest BCUT2D eigenvalue weighted by molar-refractivity contribution is -0.157. The molecule has 1 fully saturated rings. The van der Waals surface area contributed by atoms with Crippen molar-refractivity contribution in [1.82, 2.24) is 0 Å². The molecule has 1 atom stereocenters. The van der Waals surface area contributed by atoms with Gasteiger partial charge in [0, 0.05) is 6.61 Å². The second-order valence-corrected chi connectivity index (χ2v) is 5.61. The van der Waals surface area contributed by atoms with Crippen LogP contribution in [0.4, 0.5) is 0 Å². The number of hydrogen-bond donors (Lipinski definition) is 0. The number of hydrogen-bond acceptors (Lipinski definition) is 3. The summed E-state index contributed by atoms with van der Waals surface area (Å²) in [4.78, 5) is 11.8. The molecular formula is C16H30O3. The summed E-state index contributed by atoms with van der Waals surface area (Å²) in [7, 11) is 0. The van der Waals surface area contributed by atoms with E-state index < -0.39 is 0 Å². The molecule has 0 bridgehead atoms. The summed E-state index contributed by atoms with van der Waals surface area (Å²) < 4.78 is 10.7. The molecule has 0 aromatic rings. The van der Waals surface area contributed by atoms with Crippen LogP contribution in [-0.2, 0) is 14.3 Å². The number of carbonyl (C=O) groups excluding carboxylic acids is 1. The molecule has 1 aliphatic rings. The normalized spacial score (nSPS) is 25.0. The zero-order valence-electron chi connectivity index (χ0n) is 12.8. The van der Waals surface area contributed by atoms with Crippen LogP contribution in [0.25, 0.3) is 0 Å². The Balaban J connectivity index is 2.36. The van der Waals surface area contributed by atoms with Gasteiger partial charge in [0.2, 0.25) is 0 Å². The summed E-state index contributed by atoms with van der Waals surface area (Å²) in [6.07, 6.45) is 8.27. The van der Waals surface area contributed by atoms with Crippen molar-refractivity contribution in [3.8, 4) is 0 Å². The average Bonchev–Trinajstić information content (AvgIpc) is 2.41. The highest BCUT2D eigenvalue weighted by molar-refractivity contribution is 5.74. The van der Waals surface area contributed by atoms with Gasteiger partial charge in [-0.2, -0.15) is 0 Å². The first-order chi connectivity index (χ1) is 9.21. The Labute approximate surface area is 118 Å². The van der Waals surface area contributed by atoms with Crippen LogP contribution in [0.1, 0.15) is 65.7 Å². The average molecular weight is 270 g/mol. The van der Waals surface area contributed by atoms with Gasteiger partial charge in [0.15, 0.2) is 6.10 Å². The van der Waals surface area contributed by atoms with Crippen molar-refractivity contribution in [3.05, 3.63) is 0 Å². The largest absolute Gasteiger partial charge is 0.464 e. The standard InChI is InChI=1S/C16H30O3/c1-4-7-13-8-10-14(11-9-13)12-15(18-5-2)16(17)19-6-3/h13-15H,4-12H2,1-3H3. The number of ether oxygens (including phenoxy) is 2. The lowest BCUT2D eigenvalue weighted by atomic mass is 9.78. The fraction of sp³-hybridized carbons (Fsp3) is 0.938. The van der Waals surface area contributed by atoms with Crippen molar-refractivity contribution in [2.24, 2.45) is 11.8 Å². The van der Waals surface area contributed by atoms with Crippen LogP contribution in [0.3, 0.4) is 0 Å². The molecule has 0 spiro atoms. The van der Waals surface area contributed by atoms with Crippen LogP contribution < -0.4 is 0 Å². The van der Waals surface area contributed by atoms with E-state index in [1.165, 1.54) is 38.5 Å². The van der Waals surface area contributed by atoms with Crippen LogP contribution in [0.2, 0.25) is 0 Å². The lowest BCUT2D eigenvalue weighted by Crippen LogP contribution is -2.30. The molecular weight excluding hydrogens is 240 g/mol. The van der Waals surface area contributed by atoms with E-state index in [4.69, 9.17) is 9.47 Å². The van der Waals surface area contributed by atoms with E-state index >= 15 is 0 Å². The van der Waals surface area contributed by atoms with Crippen LogP contribution in [-0.4, -0.2) is 25.3 Å². The quantitative estimate of drug-likeness (QED) is 0.626. The fourth-order valence-electron chi connectivity index (χ4n) is 3.14. The molecule has 0 aliphatic heterocycles. The molecule has 1 rings (SSSR count). The molecule has 0 radical (unpaired) electrons. The highest BCUT2D eigenvalue weighted by atomic mass is 16.6. The molecule has 0 N–H and O–H groups in total. The third-order valence-corrected chi connectivity index (χ3v) is 4.13. The summed E-state index contributed by atoms with van der Waals surface area (Å²) in [6, 6.07) is 0. The molecule has 1 unspecified atom stereocenters. The second-order valence-electron chi connectivity index (χ2n) is 5.61. The minimum Gasteiger partial charge on any atom is -0.464 e. The van der Waals surface area contributed by atoms with Gasteiger partial charge in [0.25, 0.3) is 0 Å². The maximum absolute atomic E-state index is 11.8. The Kier molecular flexibility index (Phi) is 8.11. The predicted octanol–water partition coefficient (Wildman–Crippen LogP) is 3.95. The first kappa shape index (κ1) is 16.5. The molecule has 1 saturated carbocycles. The second kappa shape index (κ2) is 9.35. The molecule has 3 nitrogen and oxygen atoms in total. The summed E-state index contributed by atoms with van der Waals surface area (Å²) in [5.74, 6) is 1.36. The minimum atomic E-state index is -0.349. The van der Waals surface area contributed by atoms with E-state index in [0.717, 1.165) is 12.3 Å². The lowest BCUT2D eigenvalue weighted by Gasteiger charge is -2.30. The Morgan fingerprint density at radius 3 is 2.21 bits per heavy atom. The zero-order chi connectivity index (χ0) is 14.1. The topological polar surface area (TPSA) is 35.5 Å². The molecule has 0 aromatic carbocycles. The van der Waals surface area contributed by atoms with E-state index in [0.29, 0.717) is 19.1 Å². The van der Waals surface area contributed by atoms with Gasteiger partial charge in [0.1, 0.15) is 0 Å². The molecule has 0 amide bonds. The first-order valence-corrected chi connectivity index (χ1v) is 7.99. The summed E-state index contributed by atoms with van der Waals surface area (Å²) in [5, 5.41) is 0. The summed E-state index contributed by atoms with van der Waals surface area (Å²) in [5.41, 5.74) is 0. The molecule has 3 heteroatoms. The molecule has 112 valence electrons. The third kappa shape index (κ3) is 5.94. The number of esters is 1. The van der Waals surface area contributed by atoms with Crippen LogP contribution in [0, 0.1) is 11.8 Å². The molecule has 0 aromatic heterocycles. The first-order valence-electron chi connectivity index (χ1n) is 7.99. The van der Waals surface area contributed by atoms with Crippen molar-refractivity contribution < 1.29 is 14.3 Å². The maximum Gasteiger partial charge on any atom is 0.335 e. The number of carbonyl (C=O) groups is 1. The van der Waals surface area contributed by atoms with Gasteiger partial charge >= 0.3 is 5.97 Å². The Hall–Kier alpha value is -0.570. The number of rotatable bonds is 8. The van der Waals surface area contributed by atoms with Gasteiger partial charge in [-0.25, -0.2) is 4.79 Å². The third-order valence-electron chi connectivity index (χ3n) is 4.13. The summed E-state index contributed by atoms with van der Waals surface area (Å²) >= 11 is 0. The highest BCUT2D eigenvalue weighted by Gasteiger charge is 2.27. The Morgan fingerprint density at radius 2 is 1.68 bits per heavy atom. The van der Waals surface area contributed by atoms with Gasteiger partial charge in [-0.3, -0.25) is 0 Å². The smallest absolute Gasteiger partial charge is 0.335 e. The van der Waals surface area contributed by atoms with Crippen molar-refractivity contribution in [1.29, 1.82) is 0 Å². The zero-order valence-corrected chi connectivity index (χ0v) is 12.8. The Morgan fingerprint density at radius 1 is 1.05 bits per heavy atom. The Bertz CT molecular complexity index is 244. The fourth-order valence-corrected chi connectivity index (χ4v) is 3.14. The van der Waals surface area contributed by atoms with Crippen LogP contribution in [0.15, 0.2) is 0 Å². The molecule has 19 heavy (non-hydrogen) atoms. The van der Waals surface area contributed by atoms with Gasteiger partial charge in [-0.1, -0.05) is 45.4 Å². The van der Waals surface area contributed by atoms with E-state index in [2.05, 4.69) is 6.92 Å². The van der Waals surface area contributed by atoms with Gasteiger partial charge in [-0.05, 0) is 32.1 Å². The highest BCUT2D eigenvalue weighted by Crippen LogP contribution is 2.34. The summed E-state index contributed by atoms with van der Waals surface area (Å²) in [6.45, 7) is 7.06. The van der Waals surface area contributed by atoms with E-state index in [1.54, 1.807) is 0 Å². The van der Waals surface area contributed by atoms with Gasteiger partial charge < -0.3 is 9.47 Å².